The maximum Gasteiger partial charge on any atom is 0.149 e. The number of para-hydroxylation sites is 1. The molecular formula is C16H20F2N4. The van der Waals surface area contributed by atoms with Crippen molar-refractivity contribution in [2.75, 3.05) is 23.3 Å². The van der Waals surface area contributed by atoms with Crippen molar-refractivity contribution in [2.24, 2.45) is 0 Å². The summed E-state index contributed by atoms with van der Waals surface area (Å²) in [4.78, 5) is 10.4. The molecule has 0 bridgehead atoms. The number of rotatable bonds is 7. The first-order chi connectivity index (χ1) is 10.7. The smallest absolute Gasteiger partial charge is 0.149 e. The maximum atomic E-state index is 13.7. The summed E-state index contributed by atoms with van der Waals surface area (Å²) in [5.74, 6) is -0.192. The van der Waals surface area contributed by atoms with Crippen LogP contribution in [-0.2, 0) is 0 Å². The number of aromatic nitrogens is 2. The Morgan fingerprint density at radius 1 is 1.05 bits per heavy atom. The molecule has 0 aliphatic heterocycles. The van der Waals surface area contributed by atoms with Gasteiger partial charge in [0.15, 0.2) is 0 Å². The van der Waals surface area contributed by atoms with Gasteiger partial charge in [-0.05, 0) is 25.0 Å². The number of nitrogens with zero attached hydrogens (tertiary/aromatic N) is 3. The monoisotopic (exact) mass is 306 g/mol. The van der Waals surface area contributed by atoms with Gasteiger partial charge in [-0.2, -0.15) is 0 Å². The Labute approximate surface area is 129 Å². The van der Waals surface area contributed by atoms with Gasteiger partial charge in [0, 0.05) is 19.2 Å². The van der Waals surface area contributed by atoms with E-state index in [4.69, 9.17) is 0 Å². The summed E-state index contributed by atoms with van der Waals surface area (Å²) < 4.78 is 27.4. The van der Waals surface area contributed by atoms with Crippen LogP contribution >= 0.6 is 0 Å². The number of hydrogen-bond acceptors (Lipinski definition) is 4. The minimum Gasteiger partial charge on any atom is -0.356 e. The third-order valence-electron chi connectivity index (χ3n) is 3.18. The van der Waals surface area contributed by atoms with Crippen molar-refractivity contribution < 1.29 is 8.78 Å². The SMILES string of the molecule is CCCN(CCC)c1cc(Nc2c(F)cccc2F)ncn1. The van der Waals surface area contributed by atoms with Gasteiger partial charge < -0.3 is 10.2 Å². The summed E-state index contributed by atoms with van der Waals surface area (Å²) in [6.45, 7) is 5.94. The number of halogens is 2. The molecule has 0 saturated carbocycles. The Morgan fingerprint density at radius 2 is 1.68 bits per heavy atom. The van der Waals surface area contributed by atoms with Crippen molar-refractivity contribution in [3.05, 3.63) is 42.2 Å². The van der Waals surface area contributed by atoms with Crippen LogP contribution in [0.5, 0.6) is 0 Å². The molecule has 2 rings (SSSR count). The lowest BCUT2D eigenvalue weighted by atomic mass is 10.3. The molecule has 0 amide bonds. The Hall–Kier alpha value is -2.24. The molecule has 0 atom stereocenters. The summed E-state index contributed by atoms with van der Waals surface area (Å²) in [6.07, 6.45) is 3.39. The number of hydrogen-bond donors (Lipinski definition) is 1. The molecule has 2 aromatic rings. The van der Waals surface area contributed by atoms with Crippen molar-refractivity contribution in [2.45, 2.75) is 26.7 Å². The molecule has 0 saturated heterocycles. The van der Waals surface area contributed by atoms with Crippen molar-refractivity contribution in [3.8, 4) is 0 Å². The lowest BCUT2D eigenvalue weighted by Crippen LogP contribution is -2.25. The molecular weight excluding hydrogens is 286 g/mol. The molecule has 0 radical (unpaired) electrons. The van der Waals surface area contributed by atoms with Crippen molar-refractivity contribution in [3.63, 3.8) is 0 Å². The van der Waals surface area contributed by atoms with Crippen LogP contribution in [0.2, 0.25) is 0 Å². The average molecular weight is 306 g/mol. The molecule has 22 heavy (non-hydrogen) atoms. The lowest BCUT2D eigenvalue weighted by molar-refractivity contribution is 0.590. The zero-order valence-electron chi connectivity index (χ0n) is 12.8. The molecule has 1 aromatic heterocycles. The van der Waals surface area contributed by atoms with Gasteiger partial charge in [-0.25, -0.2) is 18.7 Å². The van der Waals surface area contributed by atoms with Crippen molar-refractivity contribution >= 4 is 17.3 Å². The van der Waals surface area contributed by atoms with Crippen LogP contribution in [0, 0.1) is 11.6 Å². The normalized spacial score (nSPS) is 10.5. The highest BCUT2D eigenvalue weighted by Gasteiger charge is 2.11. The second kappa shape index (κ2) is 7.68. The second-order valence-corrected chi connectivity index (χ2v) is 4.97. The fraction of sp³-hybridized carbons (Fsp3) is 0.375. The zero-order valence-corrected chi connectivity index (χ0v) is 12.8. The van der Waals surface area contributed by atoms with Crippen LogP contribution in [0.15, 0.2) is 30.6 Å². The highest BCUT2D eigenvalue weighted by Crippen LogP contribution is 2.23. The van der Waals surface area contributed by atoms with Crippen molar-refractivity contribution in [1.82, 2.24) is 9.97 Å². The third kappa shape index (κ3) is 3.90. The van der Waals surface area contributed by atoms with Gasteiger partial charge in [0.25, 0.3) is 0 Å². The predicted octanol–water partition coefficient (Wildman–Crippen LogP) is 4.12. The van der Waals surface area contributed by atoms with E-state index in [0.717, 1.165) is 31.7 Å². The summed E-state index contributed by atoms with van der Waals surface area (Å²) in [6, 6.07) is 5.44. The minimum atomic E-state index is -0.654. The van der Waals surface area contributed by atoms with Crippen LogP contribution in [0.4, 0.5) is 26.1 Å². The molecule has 0 fully saturated rings. The van der Waals surface area contributed by atoms with E-state index >= 15 is 0 Å². The van der Waals surface area contributed by atoms with E-state index < -0.39 is 11.6 Å². The predicted molar refractivity (Wildman–Crippen MR) is 84.5 cm³/mol. The summed E-state index contributed by atoms with van der Waals surface area (Å²) in [5.41, 5.74) is -0.204. The fourth-order valence-corrected chi connectivity index (χ4v) is 2.21. The molecule has 1 heterocycles. The highest BCUT2D eigenvalue weighted by molar-refractivity contribution is 5.60. The molecule has 0 unspecified atom stereocenters. The molecule has 0 spiro atoms. The Bertz CT molecular complexity index is 593. The standard InChI is InChI=1S/C16H20F2N4/c1-3-8-22(9-4-2)15-10-14(19-11-20-15)21-16-12(17)6-5-7-13(16)18/h5-7,10-11H,3-4,8-9H2,1-2H3,(H,19,20,21). The largest absolute Gasteiger partial charge is 0.356 e. The summed E-state index contributed by atoms with van der Waals surface area (Å²) in [5, 5.41) is 2.69. The molecule has 0 aliphatic rings. The van der Waals surface area contributed by atoms with Crippen LogP contribution in [0.25, 0.3) is 0 Å². The van der Waals surface area contributed by atoms with Crippen LogP contribution in [0.1, 0.15) is 26.7 Å². The molecule has 1 aromatic carbocycles. The number of nitrogens with one attached hydrogen (secondary N) is 1. The number of benzene rings is 1. The van der Waals surface area contributed by atoms with E-state index in [2.05, 4.69) is 34.0 Å². The Balaban J connectivity index is 2.24. The van der Waals surface area contributed by atoms with Gasteiger partial charge in [-0.3, -0.25) is 0 Å². The Morgan fingerprint density at radius 3 is 2.27 bits per heavy atom. The summed E-state index contributed by atoms with van der Waals surface area (Å²) >= 11 is 0. The van der Waals surface area contributed by atoms with Crippen LogP contribution in [-0.4, -0.2) is 23.1 Å². The molecule has 6 heteroatoms. The quantitative estimate of drug-likeness (QED) is 0.835. The van der Waals surface area contributed by atoms with Crippen molar-refractivity contribution in [1.29, 1.82) is 0 Å². The Kier molecular flexibility index (Phi) is 5.63. The maximum absolute atomic E-state index is 13.7. The fourth-order valence-electron chi connectivity index (χ4n) is 2.21. The van der Waals surface area contributed by atoms with E-state index in [0.29, 0.717) is 5.82 Å². The van der Waals surface area contributed by atoms with Crippen LogP contribution in [0.3, 0.4) is 0 Å². The average Bonchev–Trinajstić information content (AvgIpc) is 2.51. The summed E-state index contributed by atoms with van der Waals surface area (Å²) in [7, 11) is 0. The van der Waals surface area contributed by atoms with E-state index in [9.17, 15) is 8.78 Å². The van der Waals surface area contributed by atoms with E-state index in [1.807, 2.05) is 0 Å². The van der Waals surface area contributed by atoms with E-state index in [1.165, 1.54) is 24.5 Å². The topological polar surface area (TPSA) is 41.0 Å². The first-order valence-corrected chi connectivity index (χ1v) is 7.43. The first kappa shape index (κ1) is 16.1. The van der Waals surface area contributed by atoms with E-state index in [1.54, 1.807) is 6.07 Å². The number of anilines is 3. The zero-order chi connectivity index (χ0) is 15.9. The van der Waals surface area contributed by atoms with Gasteiger partial charge >= 0.3 is 0 Å². The molecule has 1 N–H and O–H groups in total. The van der Waals surface area contributed by atoms with Gasteiger partial charge in [-0.1, -0.05) is 19.9 Å². The molecule has 118 valence electrons. The van der Waals surface area contributed by atoms with Gasteiger partial charge in [0.2, 0.25) is 0 Å². The molecule has 0 aliphatic carbocycles. The lowest BCUT2D eigenvalue weighted by Gasteiger charge is -2.22. The van der Waals surface area contributed by atoms with Gasteiger partial charge in [0.1, 0.15) is 35.3 Å². The van der Waals surface area contributed by atoms with Crippen LogP contribution < -0.4 is 10.2 Å². The molecule has 4 nitrogen and oxygen atoms in total. The van der Waals surface area contributed by atoms with Gasteiger partial charge in [-0.15, -0.1) is 0 Å². The van der Waals surface area contributed by atoms with E-state index in [-0.39, 0.29) is 5.69 Å². The van der Waals surface area contributed by atoms with Gasteiger partial charge in [0.05, 0.1) is 0 Å². The highest BCUT2D eigenvalue weighted by atomic mass is 19.1. The first-order valence-electron chi connectivity index (χ1n) is 7.43. The minimum absolute atomic E-state index is 0.204. The third-order valence-corrected chi connectivity index (χ3v) is 3.18. The second-order valence-electron chi connectivity index (χ2n) is 4.97.